The Labute approximate surface area is 118 Å². The van der Waals surface area contributed by atoms with Gasteiger partial charge in [-0.3, -0.25) is 4.98 Å². The first-order valence-electron chi connectivity index (χ1n) is 6.60. The first-order valence-corrected chi connectivity index (χ1v) is 6.97. The molecule has 0 radical (unpaired) electrons. The monoisotopic (exact) mass is 275 g/mol. The normalized spacial score (nSPS) is 15.8. The van der Waals surface area contributed by atoms with E-state index >= 15 is 0 Å². The summed E-state index contributed by atoms with van der Waals surface area (Å²) in [6.07, 6.45) is 0.987. The molecular weight excluding hydrogens is 258 g/mol. The largest absolute Gasteiger partial charge is 0.326 e. The minimum Gasteiger partial charge on any atom is -0.326 e. The van der Waals surface area contributed by atoms with Crippen LogP contribution in [0.4, 0.5) is 0 Å². The second kappa shape index (κ2) is 4.75. The predicted molar refractivity (Wildman–Crippen MR) is 79.4 cm³/mol. The zero-order chi connectivity index (χ0) is 13.6. The molecule has 0 atom stereocenters. The van der Waals surface area contributed by atoms with Crippen molar-refractivity contribution < 1.29 is 0 Å². The zero-order valence-corrected chi connectivity index (χ0v) is 12.1. The lowest BCUT2D eigenvalue weighted by Gasteiger charge is -2.27. The Balaban J connectivity index is 2.35. The van der Waals surface area contributed by atoms with Crippen molar-refractivity contribution >= 4 is 22.5 Å². The molecule has 19 heavy (non-hydrogen) atoms. The van der Waals surface area contributed by atoms with Gasteiger partial charge >= 0.3 is 0 Å². The van der Waals surface area contributed by atoms with Gasteiger partial charge in [-0.1, -0.05) is 17.7 Å². The average Bonchev–Trinajstić information content (AvgIpc) is 2.41. The van der Waals surface area contributed by atoms with Crippen LogP contribution in [0.2, 0.25) is 5.02 Å². The van der Waals surface area contributed by atoms with E-state index in [2.05, 4.69) is 18.0 Å². The van der Waals surface area contributed by atoms with E-state index in [4.69, 9.17) is 22.3 Å². The molecule has 0 fully saturated rings. The van der Waals surface area contributed by atoms with Crippen molar-refractivity contribution in [3.8, 4) is 0 Å². The molecule has 0 unspecified atom stereocenters. The first-order chi connectivity index (χ1) is 9.11. The minimum atomic E-state index is 0.552. The Hall–Kier alpha value is -1.16. The van der Waals surface area contributed by atoms with Crippen molar-refractivity contribution in [2.75, 3.05) is 13.6 Å². The molecule has 2 heterocycles. The van der Waals surface area contributed by atoms with Crippen LogP contribution < -0.4 is 5.73 Å². The van der Waals surface area contributed by atoms with Gasteiger partial charge in [-0.25, -0.2) is 0 Å². The third-order valence-corrected chi connectivity index (χ3v) is 4.42. The van der Waals surface area contributed by atoms with Crippen LogP contribution in [0.5, 0.6) is 0 Å². The van der Waals surface area contributed by atoms with Crippen LogP contribution in [0.1, 0.15) is 22.4 Å². The van der Waals surface area contributed by atoms with Crippen LogP contribution in [0.3, 0.4) is 0 Å². The number of hydrogen-bond donors (Lipinski definition) is 1. The molecule has 100 valence electrons. The number of benzene rings is 1. The van der Waals surface area contributed by atoms with Gasteiger partial charge in [-0.2, -0.15) is 0 Å². The predicted octanol–water partition coefficient (Wildman–Crippen LogP) is 2.64. The van der Waals surface area contributed by atoms with Crippen molar-refractivity contribution in [1.82, 2.24) is 9.88 Å². The molecule has 1 aliphatic heterocycles. The van der Waals surface area contributed by atoms with Gasteiger partial charge in [0.25, 0.3) is 0 Å². The van der Waals surface area contributed by atoms with E-state index in [-0.39, 0.29) is 0 Å². The highest BCUT2D eigenvalue weighted by atomic mass is 35.5. The van der Waals surface area contributed by atoms with Gasteiger partial charge in [0, 0.05) is 42.2 Å². The summed E-state index contributed by atoms with van der Waals surface area (Å²) < 4.78 is 0. The Morgan fingerprint density at radius 1 is 1.42 bits per heavy atom. The molecule has 4 heteroatoms. The van der Waals surface area contributed by atoms with E-state index in [1.165, 1.54) is 16.8 Å². The number of likely N-dealkylation sites (N-methyl/N-ethyl adjacent to an activating group) is 1. The summed E-state index contributed by atoms with van der Waals surface area (Å²) in [5.41, 5.74) is 11.8. The Kier molecular flexibility index (Phi) is 3.21. The zero-order valence-electron chi connectivity index (χ0n) is 11.3. The maximum Gasteiger partial charge on any atom is 0.0752 e. The third kappa shape index (κ3) is 2.02. The lowest BCUT2D eigenvalue weighted by Crippen LogP contribution is -2.29. The number of aromatic nitrogens is 1. The van der Waals surface area contributed by atoms with E-state index in [0.717, 1.165) is 41.0 Å². The fourth-order valence-corrected chi connectivity index (χ4v) is 3.03. The number of nitrogens with two attached hydrogens (primary N) is 1. The molecule has 3 nitrogen and oxygen atoms in total. The number of rotatable bonds is 1. The summed E-state index contributed by atoms with van der Waals surface area (Å²) >= 11 is 6.21. The number of halogens is 1. The summed E-state index contributed by atoms with van der Waals surface area (Å²) in [6.45, 7) is 4.57. The molecule has 0 bridgehead atoms. The van der Waals surface area contributed by atoms with Crippen LogP contribution in [0, 0.1) is 6.92 Å². The van der Waals surface area contributed by atoms with E-state index in [0.29, 0.717) is 6.54 Å². The third-order valence-electron chi connectivity index (χ3n) is 4.01. The minimum absolute atomic E-state index is 0.552. The maximum absolute atomic E-state index is 6.21. The quantitative estimate of drug-likeness (QED) is 0.870. The fourth-order valence-electron chi connectivity index (χ4n) is 2.87. The average molecular weight is 276 g/mol. The lowest BCUT2D eigenvalue weighted by atomic mass is 9.95. The second-order valence-electron chi connectivity index (χ2n) is 5.28. The SMILES string of the molecule is Cc1c(Cl)ccc2c(CN)c3c(nc12)CCN(C)C3. The summed E-state index contributed by atoms with van der Waals surface area (Å²) in [5.74, 6) is 0. The Bertz CT molecular complexity index is 652. The Morgan fingerprint density at radius 3 is 2.95 bits per heavy atom. The number of pyridine rings is 1. The van der Waals surface area contributed by atoms with Crippen molar-refractivity contribution in [2.45, 2.75) is 26.4 Å². The highest BCUT2D eigenvalue weighted by Crippen LogP contribution is 2.31. The first kappa shape index (κ1) is 12.9. The van der Waals surface area contributed by atoms with E-state index in [1.54, 1.807) is 0 Å². The van der Waals surface area contributed by atoms with Crippen LogP contribution in [0.15, 0.2) is 12.1 Å². The Morgan fingerprint density at radius 2 is 2.21 bits per heavy atom. The molecule has 0 amide bonds. The molecule has 2 N–H and O–H groups in total. The maximum atomic E-state index is 6.21. The van der Waals surface area contributed by atoms with Gasteiger partial charge in [0.2, 0.25) is 0 Å². The van der Waals surface area contributed by atoms with Crippen LogP contribution >= 0.6 is 11.6 Å². The van der Waals surface area contributed by atoms with Gasteiger partial charge in [0.05, 0.1) is 5.52 Å². The van der Waals surface area contributed by atoms with E-state index in [9.17, 15) is 0 Å². The number of nitrogens with zero attached hydrogens (tertiary/aromatic N) is 2. The molecule has 0 aliphatic carbocycles. The number of hydrogen-bond acceptors (Lipinski definition) is 3. The van der Waals surface area contributed by atoms with Crippen molar-refractivity contribution in [3.63, 3.8) is 0 Å². The lowest BCUT2D eigenvalue weighted by molar-refractivity contribution is 0.309. The molecule has 1 aromatic heterocycles. The molecule has 0 saturated heterocycles. The highest BCUT2D eigenvalue weighted by Gasteiger charge is 2.20. The van der Waals surface area contributed by atoms with Crippen LogP contribution in [-0.2, 0) is 19.5 Å². The molecule has 1 aliphatic rings. The van der Waals surface area contributed by atoms with Crippen LogP contribution in [-0.4, -0.2) is 23.5 Å². The van der Waals surface area contributed by atoms with Crippen LogP contribution in [0.25, 0.3) is 10.9 Å². The van der Waals surface area contributed by atoms with E-state index < -0.39 is 0 Å². The fraction of sp³-hybridized carbons (Fsp3) is 0.400. The van der Waals surface area contributed by atoms with Gasteiger partial charge < -0.3 is 10.6 Å². The standard InChI is InChI=1S/C15H18ClN3/c1-9-13(16)4-3-10-11(7-17)12-8-19(2)6-5-14(12)18-15(9)10/h3-4H,5-8,17H2,1-2H3. The molecule has 0 saturated carbocycles. The second-order valence-corrected chi connectivity index (χ2v) is 5.68. The highest BCUT2D eigenvalue weighted by molar-refractivity contribution is 6.32. The number of fused-ring (bicyclic) bond motifs is 2. The smallest absolute Gasteiger partial charge is 0.0752 e. The van der Waals surface area contributed by atoms with Gasteiger partial charge in [0.15, 0.2) is 0 Å². The summed E-state index contributed by atoms with van der Waals surface area (Å²) in [7, 11) is 2.14. The van der Waals surface area contributed by atoms with E-state index in [1.807, 2.05) is 13.0 Å². The summed E-state index contributed by atoms with van der Waals surface area (Å²) in [6, 6.07) is 3.99. The topological polar surface area (TPSA) is 42.1 Å². The molecule has 2 aromatic rings. The van der Waals surface area contributed by atoms with Crippen molar-refractivity contribution in [2.24, 2.45) is 5.73 Å². The van der Waals surface area contributed by atoms with Crippen molar-refractivity contribution in [3.05, 3.63) is 39.5 Å². The summed E-state index contributed by atoms with van der Waals surface area (Å²) in [4.78, 5) is 7.17. The van der Waals surface area contributed by atoms with Gasteiger partial charge in [0.1, 0.15) is 0 Å². The van der Waals surface area contributed by atoms with Crippen molar-refractivity contribution in [1.29, 1.82) is 0 Å². The molecule has 3 rings (SSSR count). The number of aryl methyl sites for hydroxylation is 1. The van der Waals surface area contributed by atoms with Gasteiger partial charge in [-0.15, -0.1) is 0 Å². The van der Waals surface area contributed by atoms with Gasteiger partial charge in [-0.05, 0) is 36.7 Å². The summed E-state index contributed by atoms with van der Waals surface area (Å²) in [5, 5.41) is 1.93. The molecular formula is C15H18ClN3. The molecule has 0 spiro atoms. The molecule has 1 aromatic carbocycles.